The van der Waals surface area contributed by atoms with Crippen LogP contribution in [0.1, 0.15) is 97.0 Å². The summed E-state index contributed by atoms with van der Waals surface area (Å²) in [5.74, 6) is -3.97. The first-order valence-electron chi connectivity index (χ1n) is 23.2. The van der Waals surface area contributed by atoms with Crippen LogP contribution in [-0.4, -0.2) is 88.4 Å². The van der Waals surface area contributed by atoms with Gasteiger partial charge in [-0.3, -0.25) is 24.0 Å². The minimum atomic E-state index is -2.04. The smallest absolute Gasteiger partial charge is 0.407 e. The summed E-state index contributed by atoms with van der Waals surface area (Å²) in [6.45, 7) is 6.55. The highest BCUT2D eigenvalue weighted by Crippen LogP contribution is 2.47. The number of rotatable bonds is 14. The molecule has 2 aliphatic heterocycles. The average molecular weight is 958 g/mol. The molecule has 0 fully saturated rings. The van der Waals surface area contributed by atoms with Crippen LogP contribution >= 0.6 is 0 Å². The zero-order valence-corrected chi connectivity index (χ0v) is 39.1. The zero-order valence-electron chi connectivity index (χ0n) is 39.1. The molecule has 5 atom stereocenters. The lowest BCUT2D eigenvalue weighted by atomic mass is 9.81. The van der Waals surface area contributed by atoms with Crippen LogP contribution in [-0.2, 0) is 63.4 Å². The van der Waals surface area contributed by atoms with Crippen LogP contribution in [0.2, 0.25) is 0 Å². The molecule has 19 heteroatoms. The normalized spacial score (nSPS) is 18.4. The Bertz CT molecular complexity index is 3060. The number of nitrogens with zero attached hydrogens (tertiary/aromatic N) is 2. The van der Waals surface area contributed by atoms with Crippen molar-refractivity contribution in [1.82, 2.24) is 36.1 Å². The van der Waals surface area contributed by atoms with Gasteiger partial charge in [-0.1, -0.05) is 55.5 Å². The number of amides is 5. The van der Waals surface area contributed by atoms with E-state index in [0.717, 1.165) is 27.8 Å². The van der Waals surface area contributed by atoms with Crippen molar-refractivity contribution in [2.45, 2.75) is 103 Å². The highest BCUT2D eigenvalue weighted by Gasteiger charge is 2.46. The van der Waals surface area contributed by atoms with Gasteiger partial charge < -0.3 is 50.5 Å². The number of hydrogen-bond acceptors (Lipinski definition) is 12. The van der Waals surface area contributed by atoms with Crippen molar-refractivity contribution in [1.29, 1.82) is 0 Å². The number of cyclic esters (lactones) is 1. The number of aliphatic hydroxyl groups is 1. The van der Waals surface area contributed by atoms with Gasteiger partial charge in [0.1, 0.15) is 50.5 Å². The Morgan fingerprint density at radius 3 is 2.21 bits per heavy atom. The molecule has 364 valence electrons. The Labute approximate surface area is 400 Å². The molecule has 0 radical (unpaired) electrons. The van der Waals surface area contributed by atoms with Gasteiger partial charge in [-0.2, -0.15) is 0 Å². The van der Waals surface area contributed by atoms with E-state index in [2.05, 4.69) is 26.6 Å². The highest BCUT2D eigenvalue weighted by molar-refractivity contribution is 5.95. The molecule has 4 aliphatic rings. The number of alkyl carbamates (subject to hydrolysis) is 1. The number of hydrogen-bond donors (Lipinski definition) is 6. The van der Waals surface area contributed by atoms with Crippen molar-refractivity contribution in [3.63, 3.8) is 0 Å². The third-order valence-electron chi connectivity index (χ3n) is 13.9. The maximum atomic E-state index is 15.3. The molecule has 0 unspecified atom stereocenters. The average Bonchev–Trinajstić information content (AvgIpc) is 3.88. The molecular formula is C51H52FN7O11. The maximum Gasteiger partial charge on any atom is 0.407 e. The van der Waals surface area contributed by atoms with E-state index in [-0.39, 0.29) is 43.2 Å². The molecule has 3 aromatic carbocycles. The molecule has 2 aliphatic carbocycles. The van der Waals surface area contributed by atoms with E-state index in [9.17, 15) is 38.7 Å². The Balaban J connectivity index is 0.763. The van der Waals surface area contributed by atoms with Crippen LogP contribution in [0.3, 0.4) is 0 Å². The minimum Gasteiger partial charge on any atom is -0.458 e. The van der Waals surface area contributed by atoms with Gasteiger partial charge in [-0.15, -0.1) is 0 Å². The fraction of sp³-hybridized carbons (Fsp3) is 0.373. The topological polar surface area (TPSA) is 245 Å². The van der Waals surface area contributed by atoms with Gasteiger partial charge >= 0.3 is 12.1 Å². The summed E-state index contributed by atoms with van der Waals surface area (Å²) in [6, 6.07) is 14.9. The second kappa shape index (κ2) is 18.8. The Morgan fingerprint density at radius 2 is 1.54 bits per heavy atom. The molecule has 70 heavy (non-hydrogen) atoms. The van der Waals surface area contributed by atoms with E-state index in [4.69, 9.17) is 19.2 Å². The van der Waals surface area contributed by atoms with E-state index in [1.807, 2.05) is 48.5 Å². The van der Waals surface area contributed by atoms with E-state index in [1.165, 1.54) is 31.4 Å². The molecule has 5 aromatic rings. The molecule has 4 heterocycles. The fourth-order valence-corrected chi connectivity index (χ4v) is 10.0. The molecule has 0 spiro atoms. The fourth-order valence-electron chi connectivity index (χ4n) is 10.0. The molecule has 0 saturated heterocycles. The quantitative estimate of drug-likeness (QED) is 0.0521. The van der Waals surface area contributed by atoms with Crippen molar-refractivity contribution >= 4 is 46.6 Å². The first-order valence-corrected chi connectivity index (χ1v) is 23.2. The van der Waals surface area contributed by atoms with Gasteiger partial charge in [0, 0.05) is 28.5 Å². The molecular weight excluding hydrogens is 906 g/mol. The van der Waals surface area contributed by atoms with Gasteiger partial charge in [-0.25, -0.2) is 19.0 Å². The number of carbonyl (C=O) groups is 6. The van der Waals surface area contributed by atoms with E-state index in [0.29, 0.717) is 51.8 Å². The zero-order chi connectivity index (χ0) is 49.8. The van der Waals surface area contributed by atoms with Gasteiger partial charge in [0.15, 0.2) is 5.60 Å². The Morgan fingerprint density at radius 1 is 0.900 bits per heavy atom. The number of pyridine rings is 2. The van der Waals surface area contributed by atoms with E-state index < -0.39 is 90.2 Å². The van der Waals surface area contributed by atoms with Crippen molar-refractivity contribution in [2.24, 2.45) is 0 Å². The second-order valence-electron chi connectivity index (χ2n) is 18.2. The van der Waals surface area contributed by atoms with Crippen molar-refractivity contribution in [3.8, 4) is 22.5 Å². The van der Waals surface area contributed by atoms with Crippen molar-refractivity contribution < 1.29 is 52.5 Å². The van der Waals surface area contributed by atoms with Crippen molar-refractivity contribution in [3.05, 3.63) is 121 Å². The summed E-state index contributed by atoms with van der Waals surface area (Å²) < 4.78 is 33.1. The largest absolute Gasteiger partial charge is 0.458 e. The number of ether oxygens (including phenoxy) is 3. The lowest BCUT2D eigenvalue weighted by Gasteiger charge is -2.31. The first kappa shape index (κ1) is 47.6. The molecule has 2 aromatic heterocycles. The number of aryl methyl sites for hydroxylation is 1. The molecule has 0 bridgehead atoms. The number of carbonyl (C=O) groups excluding carboxylic acids is 6. The molecule has 6 N–H and O–H groups in total. The third kappa shape index (κ3) is 8.42. The molecule has 5 amide bonds. The van der Waals surface area contributed by atoms with E-state index >= 15 is 4.39 Å². The standard InChI is InChI=1S/C51H52FN7O11/c1-6-51(67)36-17-40-44-33(19-59(40)48(64)35(36)21-69-49(51)65)43-38(16-15-28-24(2)37(52)18-39(58-44)42(28)43)57-41(60)22-68-23-53-45(61)25(3)54-46(62)26(4)55-47(63)27(5)56-50(66)70-20-34-31-13-9-7-11-29(31)30-12-8-10-14-32(30)34/h7-14,17-18,25-27,34,38,67H,6,15-16,19-23H2,1-5H3,(H,53,61)(H,54,62)(H,55,63)(H,56,66)(H,57,60)/t25-,26-,27-,38-,51-/m0/s1. The molecule has 9 rings (SSSR count). The summed E-state index contributed by atoms with van der Waals surface area (Å²) in [7, 11) is 0. The van der Waals surface area contributed by atoms with E-state index in [1.54, 1.807) is 19.9 Å². The number of esters is 1. The third-order valence-corrected chi connectivity index (χ3v) is 13.9. The Hall–Kier alpha value is -7.51. The summed E-state index contributed by atoms with van der Waals surface area (Å²) in [5.41, 5.74) is 5.55. The van der Waals surface area contributed by atoms with Gasteiger partial charge in [-0.05, 0) is 92.0 Å². The van der Waals surface area contributed by atoms with Crippen LogP contribution in [0.4, 0.5) is 9.18 Å². The number of fused-ring (bicyclic) bond motifs is 8. The molecule has 0 saturated carbocycles. The first-order chi connectivity index (χ1) is 33.5. The SMILES string of the molecule is CC[C@@]1(O)C(=O)OCc2c1cc1n(c2=O)Cc2c-1nc1cc(F)c(C)c3c1c2[C@@H](NC(=O)COCNC(=O)[C@H](C)NC(=O)[C@H](C)NC(=O)[C@H](C)NC(=O)OCC1c2ccccc2-c2ccccc21)CC3. The maximum absolute atomic E-state index is 15.3. The predicted octanol–water partition coefficient (Wildman–Crippen LogP) is 3.66. The number of halogens is 1. The number of aromatic nitrogens is 2. The Kier molecular flexibility index (Phi) is 12.7. The van der Waals surface area contributed by atoms with Crippen LogP contribution in [0.15, 0.2) is 65.5 Å². The summed E-state index contributed by atoms with van der Waals surface area (Å²) >= 11 is 0. The molecule has 18 nitrogen and oxygen atoms in total. The summed E-state index contributed by atoms with van der Waals surface area (Å²) in [6.07, 6.45) is -0.0344. The number of nitrogens with one attached hydrogen (secondary N) is 5. The highest BCUT2D eigenvalue weighted by atomic mass is 19.1. The number of benzene rings is 3. The van der Waals surface area contributed by atoms with Crippen LogP contribution in [0.5, 0.6) is 0 Å². The summed E-state index contributed by atoms with van der Waals surface area (Å²) in [5, 5.41) is 25.1. The van der Waals surface area contributed by atoms with Crippen molar-refractivity contribution in [2.75, 3.05) is 19.9 Å². The predicted molar refractivity (Wildman–Crippen MR) is 250 cm³/mol. The lowest BCUT2D eigenvalue weighted by Crippen LogP contribution is -2.54. The monoisotopic (exact) mass is 957 g/mol. The van der Waals surface area contributed by atoms with Crippen LogP contribution in [0.25, 0.3) is 33.4 Å². The van der Waals surface area contributed by atoms with Crippen LogP contribution in [0, 0.1) is 12.7 Å². The summed E-state index contributed by atoms with van der Waals surface area (Å²) in [4.78, 5) is 96.5. The van der Waals surface area contributed by atoms with Gasteiger partial charge in [0.25, 0.3) is 5.56 Å². The van der Waals surface area contributed by atoms with Gasteiger partial charge in [0.05, 0.1) is 35.1 Å². The van der Waals surface area contributed by atoms with Crippen LogP contribution < -0.4 is 32.1 Å². The second-order valence-corrected chi connectivity index (χ2v) is 18.2. The van der Waals surface area contributed by atoms with Gasteiger partial charge in [0.2, 0.25) is 23.6 Å². The minimum absolute atomic E-state index is 0.0378. The lowest BCUT2D eigenvalue weighted by molar-refractivity contribution is -0.172.